The van der Waals surface area contributed by atoms with Crippen LogP contribution in [0.4, 0.5) is 5.13 Å². The first-order valence-electron chi connectivity index (χ1n) is 10.3. The molecule has 2 aromatic carbocycles. The van der Waals surface area contributed by atoms with E-state index in [1.807, 2.05) is 24.3 Å². The van der Waals surface area contributed by atoms with E-state index in [-0.39, 0.29) is 17.3 Å². The van der Waals surface area contributed by atoms with E-state index in [0.29, 0.717) is 34.5 Å². The van der Waals surface area contributed by atoms with Crippen LogP contribution in [0.2, 0.25) is 5.02 Å². The summed E-state index contributed by atoms with van der Waals surface area (Å²) >= 11 is 7.00. The Morgan fingerprint density at radius 1 is 1.20 bits per heavy atom. The molecule has 3 aromatic rings. The molecule has 0 bridgehead atoms. The molecular formula is C23H21ClN4O5S2. The SMILES string of the molecule is CCc1ccccc1OCCOc1ccc(C=C(C#N)C(=O)Nc2nc(S(C)(=O)=O)ns2)cc1Cl. The van der Waals surface area contributed by atoms with Crippen LogP contribution >= 0.6 is 23.1 Å². The van der Waals surface area contributed by atoms with Crippen molar-refractivity contribution in [3.05, 3.63) is 64.2 Å². The number of rotatable bonds is 10. The first kappa shape index (κ1) is 26.2. The van der Waals surface area contributed by atoms with Crippen molar-refractivity contribution in [2.45, 2.75) is 18.5 Å². The summed E-state index contributed by atoms with van der Waals surface area (Å²) in [6.07, 6.45) is 3.16. The molecule has 0 radical (unpaired) electrons. The van der Waals surface area contributed by atoms with Crippen molar-refractivity contribution in [3.8, 4) is 17.6 Å². The molecule has 0 spiro atoms. The number of aryl methyl sites for hydroxylation is 1. The van der Waals surface area contributed by atoms with Gasteiger partial charge in [0.05, 0.1) is 5.02 Å². The Labute approximate surface area is 212 Å². The third-order valence-electron chi connectivity index (χ3n) is 4.54. The second-order valence-electron chi connectivity index (χ2n) is 7.13. The van der Waals surface area contributed by atoms with E-state index in [2.05, 4.69) is 21.6 Å². The molecule has 1 heterocycles. The number of carbonyl (C=O) groups excluding carboxylic acids is 1. The summed E-state index contributed by atoms with van der Waals surface area (Å²) < 4.78 is 38.1. The number of anilines is 1. The van der Waals surface area contributed by atoms with Crippen molar-refractivity contribution in [2.24, 2.45) is 0 Å². The van der Waals surface area contributed by atoms with Gasteiger partial charge in [0.25, 0.3) is 11.1 Å². The molecule has 0 unspecified atom stereocenters. The van der Waals surface area contributed by atoms with Gasteiger partial charge in [-0.2, -0.15) is 14.6 Å². The van der Waals surface area contributed by atoms with Gasteiger partial charge in [-0.25, -0.2) is 8.42 Å². The molecule has 0 fully saturated rings. The van der Waals surface area contributed by atoms with Gasteiger partial charge in [-0.05, 0) is 41.8 Å². The summed E-state index contributed by atoms with van der Waals surface area (Å²) in [5, 5.41) is 11.6. The molecule has 3 rings (SSSR count). The summed E-state index contributed by atoms with van der Waals surface area (Å²) in [5.74, 6) is 0.486. The number of ether oxygens (including phenoxy) is 2. The highest BCUT2D eigenvalue weighted by Gasteiger charge is 2.17. The minimum absolute atomic E-state index is 0.0397. The van der Waals surface area contributed by atoms with Crippen LogP contribution in [0.3, 0.4) is 0 Å². The molecule has 9 nitrogen and oxygen atoms in total. The molecule has 0 saturated carbocycles. The first-order valence-corrected chi connectivity index (χ1v) is 13.4. The predicted molar refractivity (Wildman–Crippen MR) is 134 cm³/mol. The van der Waals surface area contributed by atoms with Crippen molar-refractivity contribution in [1.82, 2.24) is 9.36 Å². The Balaban J connectivity index is 1.60. The Hall–Kier alpha value is -3.46. The van der Waals surface area contributed by atoms with E-state index in [9.17, 15) is 18.5 Å². The second kappa shape index (κ2) is 11.8. The molecule has 1 amide bonds. The lowest BCUT2D eigenvalue weighted by molar-refractivity contribution is -0.112. The number of hydrogen-bond donors (Lipinski definition) is 1. The zero-order valence-electron chi connectivity index (χ0n) is 18.8. The van der Waals surface area contributed by atoms with Crippen LogP contribution in [-0.4, -0.2) is 43.2 Å². The van der Waals surface area contributed by atoms with Gasteiger partial charge in [0.1, 0.15) is 36.4 Å². The van der Waals surface area contributed by atoms with Gasteiger partial charge < -0.3 is 9.47 Å². The minimum atomic E-state index is -3.60. The highest BCUT2D eigenvalue weighted by Crippen LogP contribution is 2.27. The number of nitriles is 1. The number of hydrogen-bond acceptors (Lipinski definition) is 9. The Morgan fingerprint density at radius 3 is 2.54 bits per heavy atom. The molecule has 182 valence electrons. The molecule has 1 N–H and O–H groups in total. The second-order valence-corrected chi connectivity index (χ2v) is 10.2. The number of halogens is 1. The lowest BCUT2D eigenvalue weighted by atomic mass is 10.1. The summed E-state index contributed by atoms with van der Waals surface area (Å²) in [6.45, 7) is 2.66. The fraction of sp³-hybridized carbons (Fsp3) is 0.217. The van der Waals surface area contributed by atoms with Gasteiger partial charge >= 0.3 is 0 Å². The molecule has 35 heavy (non-hydrogen) atoms. The van der Waals surface area contributed by atoms with Crippen molar-refractivity contribution in [3.63, 3.8) is 0 Å². The Morgan fingerprint density at radius 2 is 1.91 bits per heavy atom. The van der Waals surface area contributed by atoms with Crippen molar-refractivity contribution in [2.75, 3.05) is 24.8 Å². The average molecular weight is 533 g/mol. The largest absolute Gasteiger partial charge is 0.490 e. The van der Waals surface area contributed by atoms with Crippen LogP contribution in [-0.2, 0) is 21.1 Å². The van der Waals surface area contributed by atoms with E-state index in [1.165, 1.54) is 6.08 Å². The summed E-state index contributed by atoms with van der Waals surface area (Å²) in [6, 6.07) is 14.4. The lowest BCUT2D eigenvalue weighted by Gasteiger charge is -2.12. The molecule has 12 heteroatoms. The van der Waals surface area contributed by atoms with E-state index >= 15 is 0 Å². The smallest absolute Gasteiger partial charge is 0.268 e. The summed E-state index contributed by atoms with van der Waals surface area (Å²) in [4.78, 5) is 16.2. The van der Waals surface area contributed by atoms with Crippen LogP contribution < -0.4 is 14.8 Å². The van der Waals surface area contributed by atoms with Gasteiger partial charge in [-0.1, -0.05) is 42.8 Å². The van der Waals surface area contributed by atoms with Gasteiger partial charge in [-0.3, -0.25) is 10.1 Å². The maximum Gasteiger partial charge on any atom is 0.268 e. The number of para-hydroxylation sites is 1. The fourth-order valence-electron chi connectivity index (χ4n) is 2.85. The molecule has 0 aliphatic heterocycles. The molecule has 0 atom stereocenters. The van der Waals surface area contributed by atoms with Gasteiger partial charge in [-0.15, -0.1) is 0 Å². The number of carbonyl (C=O) groups is 1. The summed E-state index contributed by atoms with van der Waals surface area (Å²) in [5.41, 5.74) is 1.38. The maximum atomic E-state index is 12.4. The normalized spacial score (nSPS) is 11.5. The van der Waals surface area contributed by atoms with Gasteiger partial charge in [0.15, 0.2) is 0 Å². The third kappa shape index (κ3) is 7.26. The number of benzene rings is 2. The van der Waals surface area contributed by atoms with Crippen LogP contribution in [0.5, 0.6) is 11.5 Å². The number of nitrogens with one attached hydrogen (secondary N) is 1. The topological polar surface area (TPSA) is 131 Å². The zero-order chi connectivity index (χ0) is 25.4. The maximum absolute atomic E-state index is 12.4. The van der Waals surface area contributed by atoms with Crippen molar-refractivity contribution < 1.29 is 22.7 Å². The molecule has 0 saturated heterocycles. The van der Waals surface area contributed by atoms with Gasteiger partial charge in [0.2, 0.25) is 15.0 Å². The molecule has 0 aliphatic rings. The van der Waals surface area contributed by atoms with Gasteiger partial charge in [0, 0.05) is 17.8 Å². The lowest BCUT2D eigenvalue weighted by Crippen LogP contribution is -2.13. The number of amides is 1. The number of sulfone groups is 1. The minimum Gasteiger partial charge on any atom is -0.490 e. The Bertz CT molecular complexity index is 1400. The highest BCUT2D eigenvalue weighted by molar-refractivity contribution is 7.90. The van der Waals surface area contributed by atoms with Crippen LogP contribution in [0.15, 0.2) is 53.2 Å². The van der Waals surface area contributed by atoms with E-state index in [1.54, 1.807) is 24.3 Å². The quantitative estimate of drug-likeness (QED) is 0.234. The molecule has 1 aromatic heterocycles. The van der Waals surface area contributed by atoms with E-state index < -0.39 is 20.9 Å². The monoisotopic (exact) mass is 532 g/mol. The zero-order valence-corrected chi connectivity index (χ0v) is 21.2. The number of aromatic nitrogens is 2. The first-order chi connectivity index (χ1) is 16.7. The summed E-state index contributed by atoms with van der Waals surface area (Å²) in [7, 11) is -3.60. The predicted octanol–water partition coefficient (Wildman–Crippen LogP) is 4.16. The van der Waals surface area contributed by atoms with Crippen molar-refractivity contribution >= 4 is 50.1 Å². The Kier molecular flexibility index (Phi) is 8.81. The number of nitrogens with zero attached hydrogens (tertiary/aromatic N) is 3. The highest BCUT2D eigenvalue weighted by atomic mass is 35.5. The van der Waals surface area contributed by atoms with Crippen molar-refractivity contribution in [1.29, 1.82) is 5.26 Å². The van der Waals surface area contributed by atoms with Crippen LogP contribution in [0, 0.1) is 11.3 Å². The van der Waals surface area contributed by atoms with Crippen LogP contribution in [0.25, 0.3) is 6.08 Å². The van der Waals surface area contributed by atoms with Crippen LogP contribution in [0.1, 0.15) is 18.1 Å². The molecular weight excluding hydrogens is 512 g/mol. The average Bonchev–Trinajstić information content (AvgIpc) is 3.30. The van der Waals surface area contributed by atoms with E-state index in [4.69, 9.17) is 21.1 Å². The van der Waals surface area contributed by atoms with E-state index in [0.717, 1.165) is 24.0 Å². The third-order valence-corrected chi connectivity index (χ3v) is 6.43. The fourth-order valence-corrected chi connectivity index (χ4v) is 4.54. The molecule has 0 aliphatic carbocycles. The standard InChI is InChI=1S/C23H21ClN4O5S2/c1-3-16-6-4-5-7-19(16)32-10-11-33-20-9-8-15(13-18(20)24)12-17(14-25)21(29)26-22-27-23(28-34-22)35(2,30)31/h4-9,12-13H,3,10-11H2,1-2H3,(H,26,27,28,29).